The summed E-state index contributed by atoms with van der Waals surface area (Å²) >= 11 is 0. The van der Waals surface area contributed by atoms with Gasteiger partial charge in [0.2, 0.25) is 0 Å². The fourth-order valence-electron chi connectivity index (χ4n) is 3.55. The highest BCUT2D eigenvalue weighted by Crippen LogP contribution is 2.22. The monoisotopic (exact) mass is 471 g/mol. The lowest BCUT2D eigenvalue weighted by molar-refractivity contribution is 0.102. The van der Waals surface area contributed by atoms with Crippen LogP contribution in [0.4, 0.5) is 17.1 Å². The third-order valence-electron chi connectivity index (χ3n) is 5.42. The van der Waals surface area contributed by atoms with Gasteiger partial charge in [-0.3, -0.25) is 9.52 Å². The van der Waals surface area contributed by atoms with Gasteiger partial charge in [-0.05, 0) is 66.4 Å². The highest BCUT2D eigenvalue weighted by atomic mass is 32.2. The van der Waals surface area contributed by atoms with Gasteiger partial charge in [0.05, 0.1) is 22.0 Å². The molecule has 4 rings (SSSR count). The van der Waals surface area contributed by atoms with Crippen molar-refractivity contribution < 1.29 is 13.2 Å². The molecule has 0 atom stereocenters. The summed E-state index contributed by atoms with van der Waals surface area (Å²) in [6.07, 6.45) is 1.33. The molecule has 172 valence electrons. The number of sulfonamides is 1. The molecule has 0 aliphatic rings. The van der Waals surface area contributed by atoms with Gasteiger partial charge in [0.15, 0.2) is 0 Å². The zero-order valence-electron chi connectivity index (χ0n) is 18.4. The van der Waals surface area contributed by atoms with Gasteiger partial charge < -0.3 is 11.1 Å². The van der Waals surface area contributed by atoms with Crippen LogP contribution in [-0.2, 0) is 22.9 Å². The Balaban J connectivity index is 1.41. The molecule has 0 spiro atoms. The average molecular weight is 472 g/mol. The average Bonchev–Trinajstić information content (AvgIpc) is 2.85. The Bertz CT molecular complexity index is 1390. The molecular formula is C27H25N3O3S. The number of nitrogens with two attached hydrogens (primary N) is 1. The van der Waals surface area contributed by atoms with E-state index in [1.165, 1.54) is 0 Å². The van der Waals surface area contributed by atoms with Crippen LogP contribution in [0.3, 0.4) is 0 Å². The number of hydrogen-bond donors (Lipinski definition) is 3. The van der Waals surface area contributed by atoms with Crippen molar-refractivity contribution in [1.29, 1.82) is 0 Å². The molecule has 4 N–H and O–H groups in total. The number of nitrogen functional groups attached to an aromatic ring is 1. The van der Waals surface area contributed by atoms with Gasteiger partial charge in [-0.25, -0.2) is 8.42 Å². The number of amides is 1. The van der Waals surface area contributed by atoms with E-state index in [0.717, 1.165) is 11.1 Å². The second kappa shape index (κ2) is 10.2. The molecule has 0 bridgehead atoms. The molecule has 0 radical (unpaired) electrons. The van der Waals surface area contributed by atoms with Crippen LogP contribution in [0.2, 0.25) is 0 Å². The Kier molecular flexibility index (Phi) is 6.94. The van der Waals surface area contributed by atoms with E-state index in [2.05, 4.69) is 10.0 Å². The number of anilines is 3. The first-order valence-corrected chi connectivity index (χ1v) is 12.3. The van der Waals surface area contributed by atoms with Crippen molar-refractivity contribution in [1.82, 2.24) is 0 Å². The fraction of sp³-hybridized carbons (Fsp3) is 0.0741. The molecule has 4 aromatic rings. The maximum Gasteiger partial charge on any atom is 0.261 e. The van der Waals surface area contributed by atoms with Crippen molar-refractivity contribution >= 4 is 33.0 Å². The topological polar surface area (TPSA) is 101 Å². The zero-order chi connectivity index (χ0) is 24.0. The molecule has 4 aromatic carbocycles. The number of aryl methyl sites for hydroxylation is 2. The minimum absolute atomic E-state index is 0.218. The minimum Gasteiger partial charge on any atom is -0.397 e. The number of benzene rings is 4. The van der Waals surface area contributed by atoms with Crippen LogP contribution in [0.1, 0.15) is 21.5 Å². The lowest BCUT2D eigenvalue weighted by Crippen LogP contribution is -2.14. The predicted octanol–water partition coefficient (Wildman–Crippen LogP) is 5.11. The molecule has 0 fully saturated rings. The summed E-state index contributed by atoms with van der Waals surface area (Å²) in [5.41, 5.74) is 9.99. The van der Waals surface area contributed by atoms with Gasteiger partial charge in [-0.2, -0.15) is 0 Å². The maximum absolute atomic E-state index is 12.7. The second-order valence-electron chi connectivity index (χ2n) is 7.81. The molecule has 7 heteroatoms. The van der Waals surface area contributed by atoms with Crippen LogP contribution in [-0.4, -0.2) is 14.3 Å². The number of nitrogens with one attached hydrogen (secondary N) is 2. The highest BCUT2D eigenvalue weighted by molar-refractivity contribution is 7.92. The van der Waals surface area contributed by atoms with Crippen LogP contribution in [0.15, 0.2) is 108 Å². The molecule has 0 aliphatic heterocycles. The van der Waals surface area contributed by atoms with E-state index in [1.807, 2.05) is 36.4 Å². The first kappa shape index (κ1) is 23.1. The number of para-hydroxylation sites is 3. The van der Waals surface area contributed by atoms with Crippen LogP contribution >= 0.6 is 0 Å². The first-order chi connectivity index (χ1) is 16.4. The van der Waals surface area contributed by atoms with Gasteiger partial charge in [-0.15, -0.1) is 0 Å². The van der Waals surface area contributed by atoms with Crippen LogP contribution in [0.25, 0.3) is 0 Å². The summed E-state index contributed by atoms with van der Waals surface area (Å²) in [5.74, 6) is -0.231. The smallest absolute Gasteiger partial charge is 0.261 e. The molecule has 0 aliphatic carbocycles. The van der Waals surface area contributed by atoms with E-state index in [-0.39, 0.29) is 10.8 Å². The third-order valence-corrected chi connectivity index (χ3v) is 6.80. The van der Waals surface area contributed by atoms with E-state index in [1.54, 1.807) is 66.7 Å². The Hall–Kier alpha value is -4.10. The van der Waals surface area contributed by atoms with Crippen molar-refractivity contribution in [3.05, 3.63) is 120 Å². The van der Waals surface area contributed by atoms with Crippen LogP contribution in [0, 0.1) is 0 Å². The predicted molar refractivity (Wildman–Crippen MR) is 136 cm³/mol. The summed E-state index contributed by atoms with van der Waals surface area (Å²) in [4.78, 5) is 12.7. The van der Waals surface area contributed by atoms with Gasteiger partial charge in [-0.1, -0.05) is 60.7 Å². The van der Waals surface area contributed by atoms with Crippen LogP contribution in [0.5, 0.6) is 0 Å². The van der Waals surface area contributed by atoms with Crippen LogP contribution < -0.4 is 15.8 Å². The molecule has 0 heterocycles. The van der Waals surface area contributed by atoms with E-state index in [9.17, 15) is 13.2 Å². The normalized spacial score (nSPS) is 11.1. The van der Waals surface area contributed by atoms with Crippen molar-refractivity contribution in [3.8, 4) is 0 Å². The molecule has 0 saturated carbocycles. The lowest BCUT2D eigenvalue weighted by Gasteiger charge is -2.13. The Morgan fingerprint density at radius 1 is 0.706 bits per heavy atom. The second-order valence-corrected chi connectivity index (χ2v) is 9.50. The number of hydrogen-bond acceptors (Lipinski definition) is 4. The van der Waals surface area contributed by atoms with E-state index >= 15 is 0 Å². The van der Waals surface area contributed by atoms with E-state index in [4.69, 9.17) is 5.73 Å². The molecular weight excluding hydrogens is 446 g/mol. The molecule has 1 amide bonds. The Labute approximate surface area is 199 Å². The summed E-state index contributed by atoms with van der Waals surface area (Å²) in [6.45, 7) is 0. The van der Waals surface area contributed by atoms with Gasteiger partial charge in [0.1, 0.15) is 0 Å². The molecule has 0 saturated heterocycles. The van der Waals surface area contributed by atoms with Crippen molar-refractivity contribution in [2.45, 2.75) is 17.7 Å². The largest absolute Gasteiger partial charge is 0.397 e. The SMILES string of the molecule is Nc1ccccc1NC(=O)c1ccc(CCc2ccccc2NS(=O)(=O)c2ccccc2)cc1. The number of rotatable bonds is 8. The molecule has 0 aromatic heterocycles. The summed E-state index contributed by atoms with van der Waals surface area (Å²) < 4.78 is 28.1. The number of carbonyl (C=O) groups excluding carboxylic acids is 1. The van der Waals surface area contributed by atoms with Crippen molar-refractivity contribution in [2.75, 3.05) is 15.8 Å². The standard InChI is InChI=1S/C27H25N3O3S/c28-24-11-5-7-13-26(24)29-27(31)22-18-15-20(16-19-22)14-17-21-8-4-6-12-25(21)30-34(32,33)23-9-2-1-3-10-23/h1-13,15-16,18-19,30H,14,17,28H2,(H,29,31). The highest BCUT2D eigenvalue weighted by Gasteiger charge is 2.15. The van der Waals surface area contributed by atoms with Crippen molar-refractivity contribution in [2.24, 2.45) is 0 Å². The molecule has 0 unspecified atom stereocenters. The number of carbonyl (C=O) groups is 1. The quantitative estimate of drug-likeness (QED) is 0.311. The van der Waals surface area contributed by atoms with Crippen molar-refractivity contribution in [3.63, 3.8) is 0 Å². The summed E-state index contributed by atoms with van der Waals surface area (Å²) in [7, 11) is -3.67. The van der Waals surface area contributed by atoms with Gasteiger partial charge in [0, 0.05) is 5.56 Å². The molecule has 34 heavy (non-hydrogen) atoms. The summed E-state index contributed by atoms with van der Waals surface area (Å²) in [5, 5.41) is 2.82. The summed E-state index contributed by atoms with van der Waals surface area (Å²) in [6, 6.07) is 30.1. The Morgan fingerprint density at radius 2 is 1.32 bits per heavy atom. The van der Waals surface area contributed by atoms with E-state index in [0.29, 0.717) is 35.5 Å². The molecule has 6 nitrogen and oxygen atoms in total. The first-order valence-electron chi connectivity index (χ1n) is 10.8. The zero-order valence-corrected chi connectivity index (χ0v) is 19.3. The lowest BCUT2D eigenvalue weighted by atomic mass is 10.0. The van der Waals surface area contributed by atoms with Gasteiger partial charge >= 0.3 is 0 Å². The minimum atomic E-state index is -3.67. The van der Waals surface area contributed by atoms with Gasteiger partial charge in [0.25, 0.3) is 15.9 Å². The van der Waals surface area contributed by atoms with E-state index < -0.39 is 10.0 Å². The Morgan fingerprint density at radius 3 is 2.03 bits per heavy atom. The third kappa shape index (κ3) is 5.63. The maximum atomic E-state index is 12.7. The fourth-order valence-corrected chi connectivity index (χ4v) is 4.67.